The molecule has 0 aliphatic heterocycles. The molecular weight excluding hydrogens is 213 g/mol. The van der Waals surface area contributed by atoms with E-state index >= 15 is 0 Å². The molecule has 0 heterocycles. The third-order valence-electron chi connectivity index (χ3n) is 1.95. The van der Waals surface area contributed by atoms with Crippen molar-refractivity contribution in [2.24, 2.45) is 0 Å². The molecule has 4 nitrogen and oxygen atoms in total. The Hall–Kier alpha value is -1.91. The van der Waals surface area contributed by atoms with E-state index in [9.17, 15) is 14.0 Å². The highest BCUT2D eigenvalue weighted by Gasteiger charge is 2.17. The molecule has 0 bridgehead atoms. The molecule has 1 aromatic rings. The van der Waals surface area contributed by atoms with E-state index in [2.05, 4.69) is 5.32 Å². The highest BCUT2D eigenvalue weighted by Crippen LogP contribution is 2.12. The van der Waals surface area contributed by atoms with E-state index in [0.717, 1.165) is 12.1 Å². The Kier molecular flexibility index (Phi) is 3.99. The molecule has 1 N–H and O–H groups in total. The zero-order valence-corrected chi connectivity index (χ0v) is 9.04. The van der Waals surface area contributed by atoms with Crippen LogP contribution in [0.2, 0.25) is 0 Å². The second-order valence-corrected chi connectivity index (χ2v) is 2.99. The van der Waals surface area contributed by atoms with Crippen LogP contribution in [0.4, 0.5) is 4.39 Å². The third-order valence-corrected chi connectivity index (χ3v) is 1.95. The minimum absolute atomic E-state index is 0.0269. The summed E-state index contributed by atoms with van der Waals surface area (Å²) < 4.78 is 17.7. The average molecular weight is 225 g/mol. The van der Waals surface area contributed by atoms with Crippen molar-refractivity contribution in [3.8, 4) is 0 Å². The number of rotatable bonds is 3. The first-order valence-corrected chi connectivity index (χ1v) is 4.79. The molecule has 0 aliphatic carbocycles. The van der Waals surface area contributed by atoms with Crippen LogP contribution in [-0.2, 0) is 4.74 Å². The van der Waals surface area contributed by atoms with Crippen molar-refractivity contribution in [2.45, 2.75) is 6.92 Å². The minimum atomic E-state index is -0.638. The van der Waals surface area contributed by atoms with Crippen molar-refractivity contribution in [1.29, 1.82) is 0 Å². The lowest BCUT2D eigenvalue weighted by atomic mass is 10.1. The minimum Gasteiger partial charge on any atom is -0.462 e. The van der Waals surface area contributed by atoms with Crippen molar-refractivity contribution in [3.63, 3.8) is 0 Å². The van der Waals surface area contributed by atoms with Crippen molar-refractivity contribution in [2.75, 3.05) is 13.7 Å². The molecule has 5 heteroatoms. The normalized spacial score (nSPS) is 9.69. The summed E-state index contributed by atoms with van der Waals surface area (Å²) in [7, 11) is 1.40. The number of hydrogen-bond acceptors (Lipinski definition) is 3. The van der Waals surface area contributed by atoms with Crippen LogP contribution in [0.3, 0.4) is 0 Å². The van der Waals surface area contributed by atoms with Gasteiger partial charge in [-0.3, -0.25) is 4.79 Å². The molecule has 0 aromatic heterocycles. The molecule has 1 rings (SSSR count). The van der Waals surface area contributed by atoms with Crippen molar-refractivity contribution < 1.29 is 18.7 Å². The fraction of sp³-hybridized carbons (Fsp3) is 0.273. The van der Waals surface area contributed by atoms with Gasteiger partial charge in [0.25, 0.3) is 5.91 Å². The van der Waals surface area contributed by atoms with Crippen molar-refractivity contribution >= 4 is 11.9 Å². The van der Waals surface area contributed by atoms with Crippen LogP contribution in [-0.4, -0.2) is 25.5 Å². The van der Waals surface area contributed by atoms with E-state index < -0.39 is 17.7 Å². The lowest BCUT2D eigenvalue weighted by Gasteiger charge is -2.07. The Morgan fingerprint density at radius 3 is 2.62 bits per heavy atom. The van der Waals surface area contributed by atoms with Gasteiger partial charge in [0.2, 0.25) is 0 Å². The Morgan fingerprint density at radius 2 is 2.06 bits per heavy atom. The number of amides is 1. The molecule has 0 saturated heterocycles. The van der Waals surface area contributed by atoms with E-state index in [1.54, 1.807) is 6.92 Å². The summed E-state index contributed by atoms with van der Waals surface area (Å²) in [6, 6.07) is 3.35. The first-order chi connectivity index (χ1) is 7.60. The Labute approximate surface area is 92.4 Å². The number of esters is 1. The van der Waals surface area contributed by atoms with Crippen LogP contribution in [0.25, 0.3) is 0 Å². The molecular formula is C11H12FNO3. The first kappa shape index (κ1) is 12.2. The Bertz CT molecular complexity index is 418. The molecule has 1 aromatic carbocycles. The van der Waals surface area contributed by atoms with E-state index in [4.69, 9.17) is 4.74 Å². The molecule has 0 radical (unpaired) electrons. The third kappa shape index (κ3) is 2.56. The second-order valence-electron chi connectivity index (χ2n) is 2.99. The molecule has 0 aliphatic rings. The Morgan fingerprint density at radius 1 is 1.38 bits per heavy atom. The number of ether oxygens (including phenoxy) is 1. The predicted octanol–water partition coefficient (Wildman–Crippen LogP) is 1.36. The van der Waals surface area contributed by atoms with Gasteiger partial charge in [-0.15, -0.1) is 0 Å². The standard InChI is InChI=1S/C11H12FNO3/c1-3-16-11(15)8-5-4-7(12)6-9(8)10(14)13-2/h4-6H,3H2,1-2H3,(H,13,14). The van der Waals surface area contributed by atoms with Gasteiger partial charge in [0.15, 0.2) is 0 Å². The number of benzene rings is 1. The van der Waals surface area contributed by atoms with Gasteiger partial charge < -0.3 is 10.1 Å². The van der Waals surface area contributed by atoms with E-state index in [0.29, 0.717) is 0 Å². The molecule has 0 saturated carbocycles. The monoisotopic (exact) mass is 225 g/mol. The molecule has 0 fully saturated rings. The lowest BCUT2D eigenvalue weighted by Crippen LogP contribution is -2.22. The van der Waals surface area contributed by atoms with Crippen LogP contribution >= 0.6 is 0 Å². The average Bonchev–Trinajstić information content (AvgIpc) is 2.28. The van der Waals surface area contributed by atoms with Crippen molar-refractivity contribution in [3.05, 3.63) is 35.1 Å². The second kappa shape index (κ2) is 5.25. The van der Waals surface area contributed by atoms with Crippen LogP contribution < -0.4 is 5.32 Å². The maximum Gasteiger partial charge on any atom is 0.338 e. The Balaban J connectivity index is 3.17. The van der Waals surface area contributed by atoms with E-state index in [1.807, 2.05) is 0 Å². The molecule has 0 spiro atoms. The van der Waals surface area contributed by atoms with Gasteiger partial charge in [0, 0.05) is 7.05 Å². The summed E-state index contributed by atoms with van der Waals surface area (Å²) in [6.07, 6.45) is 0. The lowest BCUT2D eigenvalue weighted by molar-refractivity contribution is 0.0522. The fourth-order valence-corrected chi connectivity index (χ4v) is 1.23. The maximum atomic E-state index is 13.0. The maximum absolute atomic E-state index is 13.0. The molecule has 0 unspecified atom stereocenters. The predicted molar refractivity (Wildman–Crippen MR) is 55.7 cm³/mol. The van der Waals surface area contributed by atoms with Gasteiger partial charge in [-0.25, -0.2) is 9.18 Å². The highest BCUT2D eigenvalue weighted by atomic mass is 19.1. The number of hydrogen-bond donors (Lipinski definition) is 1. The summed E-state index contributed by atoms with van der Waals surface area (Å²) in [5.74, 6) is -1.74. The topological polar surface area (TPSA) is 55.4 Å². The number of halogens is 1. The highest BCUT2D eigenvalue weighted by molar-refractivity contribution is 6.05. The summed E-state index contributed by atoms with van der Waals surface area (Å²) in [6.45, 7) is 1.85. The van der Waals surface area contributed by atoms with Gasteiger partial charge in [0.1, 0.15) is 5.82 Å². The molecule has 1 amide bonds. The van der Waals surface area contributed by atoms with Gasteiger partial charge >= 0.3 is 5.97 Å². The van der Waals surface area contributed by atoms with Gasteiger partial charge in [-0.1, -0.05) is 0 Å². The largest absolute Gasteiger partial charge is 0.462 e. The van der Waals surface area contributed by atoms with Crippen LogP contribution in [0, 0.1) is 5.82 Å². The molecule has 16 heavy (non-hydrogen) atoms. The first-order valence-electron chi connectivity index (χ1n) is 4.79. The van der Waals surface area contributed by atoms with Gasteiger partial charge in [0.05, 0.1) is 17.7 Å². The van der Waals surface area contributed by atoms with E-state index in [1.165, 1.54) is 13.1 Å². The quantitative estimate of drug-likeness (QED) is 0.790. The summed E-state index contributed by atoms with van der Waals surface area (Å²) in [4.78, 5) is 22.9. The van der Waals surface area contributed by atoms with E-state index in [-0.39, 0.29) is 17.7 Å². The SMILES string of the molecule is CCOC(=O)c1ccc(F)cc1C(=O)NC. The van der Waals surface area contributed by atoms with Crippen molar-refractivity contribution in [1.82, 2.24) is 5.32 Å². The molecule has 86 valence electrons. The summed E-state index contributed by atoms with van der Waals surface area (Å²) >= 11 is 0. The fourth-order valence-electron chi connectivity index (χ4n) is 1.23. The van der Waals surface area contributed by atoms with Crippen LogP contribution in [0.15, 0.2) is 18.2 Å². The van der Waals surface area contributed by atoms with Gasteiger partial charge in [-0.05, 0) is 25.1 Å². The summed E-state index contributed by atoms with van der Waals surface area (Å²) in [5.41, 5.74) is 0.0311. The zero-order chi connectivity index (χ0) is 12.1. The molecule has 0 atom stereocenters. The number of carbonyl (C=O) groups is 2. The van der Waals surface area contributed by atoms with Crippen LogP contribution in [0.1, 0.15) is 27.6 Å². The van der Waals surface area contributed by atoms with Crippen LogP contribution in [0.5, 0.6) is 0 Å². The van der Waals surface area contributed by atoms with Gasteiger partial charge in [-0.2, -0.15) is 0 Å². The zero-order valence-electron chi connectivity index (χ0n) is 9.04. The smallest absolute Gasteiger partial charge is 0.338 e. The number of carbonyl (C=O) groups excluding carboxylic acids is 2. The summed E-state index contributed by atoms with van der Waals surface area (Å²) in [5, 5.41) is 2.33. The number of nitrogens with one attached hydrogen (secondary N) is 1.